The van der Waals surface area contributed by atoms with Crippen molar-refractivity contribution in [3.63, 3.8) is 0 Å². The molecule has 0 amide bonds. The lowest BCUT2D eigenvalue weighted by Gasteiger charge is -2.27. The van der Waals surface area contributed by atoms with E-state index < -0.39 is 0 Å². The first-order chi connectivity index (χ1) is 8.24. The first-order valence-electron chi connectivity index (χ1n) is 6.08. The van der Waals surface area contributed by atoms with Crippen LogP contribution < -0.4 is 5.32 Å². The molecule has 0 heterocycles. The highest BCUT2D eigenvalue weighted by Gasteiger charge is 2.23. The average molecular weight is 251 g/mol. The maximum Gasteiger partial charge on any atom is 0.179 e. The quantitative estimate of drug-likeness (QED) is 0.568. The maximum atomic E-state index is 12.3. The van der Waals surface area contributed by atoms with Gasteiger partial charge in [0.25, 0.3) is 0 Å². The Balaban J connectivity index is 2.93. The van der Waals surface area contributed by atoms with Gasteiger partial charge in [0.15, 0.2) is 17.3 Å². The minimum absolute atomic E-state index is 0.0808. The van der Waals surface area contributed by atoms with Crippen LogP contribution in [0.1, 0.15) is 44.5 Å². The lowest BCUT2D eigenvalue weighted by molar-refractivity contribution is 0.0923. The van der Waals surface area contributed by atoms with Crippen molar-refractivity contribution in [2.24, 2.45) is 0 Å². The minimum Gasteiger partial charge on any atom is -0.504 e. The molecule has 0 aliphatic carbocycles. The lowest BCUT2D eigenvalue weighted by Crippen LogP contribution is -2.47. The topological polar surface area (TPSA) is 69.6 Å². The van der Waals surface area contributed by atoms with E-state index >= 15 is 0 Å². The van der Waals surface area contributed by atoms with Gasteiger partial charge in [0.2, 0.25) is 0 Å². The molecular weight excluding hydrogens is 230 g/mol. The van der Waals surface area contributed by atoms with Crippen LogP contribution in [0.5, 0.6) is 11.5 Å². The third-order valence-corrected chi connectivity index (χ3v) is 2.59. The van der Waals surface area contributed by atoms with Crippen LogP contribution in [0.25, 0.3) is 0 Å². The van der Waals surface area contributed by atoms with Crippen molar-refractivity contribution in [1.29, 1.82) is 0 Å². The summed E-state index contributed by atoms with van der Waals surface area (Å²) in [4.78, 5) is 12.3. The van der Waals surface area contributed by atoms with Gasteiger partial charge >= 0.3 is 0 Å². The summed E-state index contributed by atoms with van der Waals surface area (Å²) in [5.74, 6) is -0.572. The molecule has 0 fully saturated rings. The number of benzene rings is 1. The molecular formula is C14H21NO3. The van der Waals surface area contributed by atoms with E-state index in [1.807, 2.05) is 27.7 Å². The molecule has 0 bridgehead atoms. The monoisotopic (exact) mass is 251 g/mol. The van der Waals surface area contributed by atoms with Crippen LogP contribution in [-0.2, 0) is 0 Å². The standard InChI is InChI=1S/C14H21NO3/c1-5-10(15-14(2,3)4)13(18)9-6-7-11(16)12(17)8-9/h6-8,10,15-17H,5H2,1-4H3. The molecule has 1 unspecified atom stereocenters. The lowest BCUT2D eigenvalue weighted by atomic mass is 9.98. The Kier molecular flexibility index (Phi) is 4.35. The predicted octanol–water partition coefficient (Wildman–Crippen LogP) is 2.45. The van der Waals surface area contributed by atoms with Crippen LogP contribution in [0, 0.1) is 0 Å². The second-order valence-corrected chi connectivity index (χ2v) is 5.42. The Morgan fingerprint density at radius 2 is 1.89 bits per heavy atom. The van der Waals surface area contributed by atoms with Crippen molar-refractivity contribution >= 4 is 5.78 Å². The summed E-state index contributed by atoms with van der Waals surface area (Å²) in [6, 6.07) is 3.84. The van der Waals surface area contributed by atoms with E-state index in [-0.39, 0.29) is 28.9 Å². The smallest absolute Gasteiger partial charge is 0.179 e. The van der Waals surface area contributed by atoms with Gasteiger partial charge in [-0.1, -0.05) is 6.92 Å². The van der Waals surface area contributed by atoms with E-state index in [1.54, 1.807) is 0 Å². The zero-order valence-corrected chi connectivity index (χ0v) is 11.3. The molecule has 4 nitrogen and oxygen atoms in total. The molecule has 0 saturated heterocycles. The highest BCUT2D eigenvalue weighted by atomic mass is 16.3. The molecule has 1 rings (SSSR count). The number of carbonyl (C=O) groups excluding carboxylic acids is 1. The number of hydrogen-bond donors (Lipinski definition) is 3. The van der Waals surface area contributed by atoms with E-state index in [9.17, 15) is 15.0 Å². The summed E-state index contributed by atoms with van der Waals surface area (Å²) in [5, 5.41) is 21.9. The molecule has 0 radical (unpaired) electrons. The van der Waals surface area contributed by atoms with Crippen molar-refractivity contribution < 1.29 is 15.0 Å². The van der Waals surface area contributed by atoms with Gasteiger partial charge in [0.05, 0.1) is 6.04 Å². The summed E-state index contributed by atoms with van der Waals surface area (Å²) in [5.41, 5.74) is 0.240. The second-order valence-electron chi connectivity index (χ2n) is 5.42. The van der Waals surface area contributed by atoms with Gasteiger partial charge in [-0.25, -0.2) is 0 Å². The summed E-state index contributed by atoms with van der Waals surface area (Å²) in [7, 11) is 0. The molecule has 100 valence electrons. The van der Waals surface area contributed by atoms with E-state index in [4.69, 9.17) is 0 Å². The molecule has 0 spiro atoms. The van der Waals surface area contributed by atoms with Crippen LogP contribution in [0.2, 0.25) is 0 Å². The summed E-state index contributed by atoms with van der Waals surface area (Å²) in [6.45, 7) is 7.92. The fraction of sp³-hybridized carbons (Fsp3) is 0.500. The van der Waals surface area contributed by atoms with Gasteiger partial charge < -0.3 is 15.5 Å². The number of ketones is 1. The van der Waals surface area contributed by atoms with Gasteiger partial charge in [-0.3, -0.25) is 4.79 Å². The van der Waals surface area contributed by atoms with Crippen LogP contribution >= 0.6 is 0 Å². The molecule has 18 heavy (non-hydrogen) atoms. The third-order valence-electron chi connectivity index (χ3n) is 2.59. The largest absolute Gasteiger partial charge is 0.504 e. The first-order valence-corrected chi connectivity index (χ1v) is 6.08. The molecule has 0 saturated carbocycles. The molecule has 4 heteroatoms. The van der Waals surface area contributed by atoms with Gasteiger partial charge in [-0.2, -0.15) is 0 Å². The number of phenols is 2. The number of carbonyl (C=O) groups is 1. The highest BCUT2D eigenvalue weighted by Crippen LogP contribution is 2.25. The molecule has 0 aliphatic heterocycles. The van der Waals surface area contributed by atoms with Crippen LogP contribution in [-0.4, -0.2) is 27.6 Å². The number of nitrogens with one attached hydrogen (secondary N) is 1. The Labute approximate surface area is 108 Å². The number of aromatic hydroxyl groups is 2. The first kappa shape index (κ1) is 14.5. The third kappa shape index (κ3) is 3.74. The number of hydrogen-bond acceptors (Lipinski definition) is 4. The van der Waals surface area contributed by atoms with Gasteiger partial charge in [0.1, 0.15) is 0 Å². The van der Waals surface area contributed by atoms with Crippen molar-refractivity contribution in [2.45, 2.75) is 45.7 Å². The highest BCUT2D eigenvalue weighted by molar-refractivity contribution is 6.00. The van der Waals surface area contributed by atoms with Gasteiger partial charge in [0, 0.05) is 11.1 Å². The average Bonchev–Trinajstić information content (AvgIpc) is 2.27. The predicted molar refractivity (Wildman–Crippen MR) is 71.1 cm³/mol. The van der Waals surface area contributed by atoms with Crippen LogP contribution in [0.15, 0.2) is 18.2 Å². The second kappa shape index (κ2) is 5.40. The Bertz CT molecular complexity index is 435. The summed E-state index contributed by atoms with van der Waals surface area (Å²) >= 11 is 0. The van der Waals surface area contributed by atoms with Crippen molar-refractivity contribution in [2.75, 3.05) is 0 Å². The molecule has 1 atom stereocenters. The zero-order chi connectivity index (χ0) is 13.9. The molecule has 1 aromatic carbocycles. The number of rotatable bonds is 4. The number of Topliss-reactive ketones (excluding diaryl/α,β-unsaturated/α-hetero) is 1. The van der Waals surface area contributed by atoms with E-state index in [0.717, 1.165) is 0 Å². The normalized spacial score (nSPS) is 13.3. The molecule has 1 aromatic rings. The SMILES string of the molecule is CCC(NC(C)(C)C)C(=O)c1ccc(O)c(O)c1. The Morgan fingerprint density at radius 1 is 1.28 bits per heavy atom. The molecule has 3 N–H and O–H groups in total. The zero-order valence-electron chi connectivity index (χ0n) is 11.3. The van der Waals surface area contributed by atoms with Crippen molar-refractivity contribution in [3.8, 4) is 11.5 Å². The minimum atomic E-state index is -0.297. The Hall–Kier alpha value is -1.55. The van der Waals surface area contributed by atoms with Gasteiger partial charge in [-0.15, -0.1) is 0 Å². The maximum absolute atomic E-state index is 12.3. The van der Waals surface area contributed by atoms with Crippen molar-refractivity contribution in [3.05, 3.63) is 23.8 Å². The van der Waals surface area contributed by atoms with E-state index in [0.29, 0.717) is 12.0 Å². The van der Waals surface area contributed by atoms with Gasteiger partial charge in [-0.05, 0) is 45.4 Å². The summed E-state index contributed by atoms with van der Waals surface area (Å²) < 4.78 is 0. The van der Waals surface area contributed by atoms with Crippen LogP contribution in [0.4, 0.5) is 0 Å². The molecule has 0 aliphatic rings. The van der Waals surface area contributed by atoms with Crippen molar-refractivity contribution in [1.82, 2.24) is 5.32 Å². The van der Waals surface area contributed by atoms with E-state index in [1.165, 1.54) is 18.2 Å². The summed E-state index contributed by atoms with van der Waals surface area (Å²) in [6.07, 6.45) is 0.664. The van der Waals surface area contributed by atoms with Crippen LogP contribution in [0.3, 0.4) is 0 Å². The van der Waals surface area contributed by atoms with E-state index in [2.05, 4.69) is 5.32 Å². The number of phenolic OH excluding ortho intramolecular Hbond substituents is 2. The molecule has 0 aromatic heterocycles. The Morgan fingerprint density at radius 3 is 2.33 bits per heavy atom. The fourth-order valence-corrected chi connectivity index (χ4v) is 1.75. The fourth-order valence-electron chi connectivity index (χ4n) is 1.75.